The molecule has 0 heterocycles. The summed E-state index contributed by atoms with van der Waals surface area (Å²) in [5.41, 5.74) is 0.711. The molecule has 1 unspecified atom stereocenters. The number of anilines is 1. The number of ether oxygens (including phenoxy) is 1. The Hall–Kier alpha value is -1.78. The van der Waals surface area contributed by atoms with Crippen molar-refractivity contribution >= 4 is 34.8 Å². The molecule has 24 heavy (non-hydrogen) atoms. The molecule has 2 aromatic rings. The van der Waals surface area contributed by atoms with Crippen LogP contribution in [0.1, 0.15) is 18.9 Å². The molecule has 1 aliphatic carbocycles. The van der Waals surface area contributed by atoms with E-state index in [1.165, 1.54) is 12.1 Å². The summed E-state index contributed by atoms with van der Waals surface area (Å²) < 4.78 is 17.7. The summed E-state index contributed by atoms with van der Waals surface area (Å²) in [6, 6.07) is 13.2. The minimum atomic E-state index is -1.00. The van der Waals surface area contributed by atoms with Crippen molar-refractivity contribution in [3.05, 3.63) is 59.9 Å². The van der Waals surface area contributed by atoms with Crippen molar-refractivity contribution < 1.29 is 13.9 Å². The molecule has 1 N–H and O–H groups in total. The summed E-state index contributed by atoms with van der Waals surface area (Å²) in [4.78, 5) is 12.3. The summed E-state index contributed by atoms with van der Waals surface area (Å²) >= 11 is 12.1. The second-order valence-electron chi connectivity index (χ2n) is 6.11. The largest absolute Gasteiger partial charge is 0.489 e. The quantitative estimate of drug-likeness (QED) is 0.761. The van der Waals surface area contributed by atoms with Crippen molar-refractivity contribution in [2.45, 2.75) is 24.3 Å². The van der Waals surface area contributed by atoms with Gasteiger partial charge in [0.05, 0.1) is 5.41 Å². The molecular weight excluding hydrogens is 352 g/mol. The maximum atomic E-state index is 13.1. The molecule has 0 saturated heterocycles. The summed E-state index contributed by atoms with van der Waals surface area (Å²) in [5.74, 6) is -0.114. The van der Waals surface area contributed by atoms with Gasteiger partial charge < -0.3 is 10.1 Å². The predicted octanol–water partition coefficient (Wildman–Crippen LogP) is 4.93. The molecule has 0 spiro atoms. The van der Waals surface area contributed by atoms with Gasteiger partial charge in [-0.1, -0.05) is 18.2 Å². The fraction of sp³-hybridized carbons (Fsp3) is 0.278. The fourth-order valence-electron chi connectivity index (χ4n) is 2.38. The van der Waals surface area contributed by atoms with Gasteiger partial charge in [-0.05, 0) is 43.2 Å². The second-order valence-corrected chi connectivity index (χ2v) is 7.60. The Labute approximate surface area is 149 Å². The third-order valence-electron chi connectivity index (χ3n) is 4.15. The fourth-order valence-corrected chi connectivity index (χ4v) is 3.08. The van der Waals surface area contributed by atoms with Crippen LogP contribution in [0, 0.1) is 11.2 Å². The Morgan fingerprint density at radius 2 is 1.96 bits per heavy atom. The first kappa shape index (κ1) is 17.1. The minimum Gasteiger partial charge on any atom is -0.489 e. The van der Waals surface area contributed by atoms with Gasteiger partial charge in [0.15, 0.2) is 0 Å². The molecule has 1 saturated carbocycles. The summed E-state index contributed by atoms with van der Waals surface area (Å²) in [6.07, 6.45) is 0.428. The number of benzene rings is 2. The first-order valence-electron chi connectivity index (χ1n) is 7.47. The van der Waals surface area contributed by atoms with Crippen LogP contribution in [0.4, 0.5) is 10.1 Å². The molecule has 2 aromatic carbocycles. The van der Waals surface area contributed by atoms with Gasteiger partial charge in [-0.2, -0.15) is 0 Å². The van der Waals surface area contributed by atoms with Gasteiger partial charge in [0.1, 0.15) is 22.5 Å². The van der Waals surface area contributed by atoms with Gasteiger partial charge >= 0.3 is 0 Å². The lowest BCUT2D eigenvalue weighted by Gasteiger charge is -2.13. The topological polar surface area (TPSA) is 38.3 Å². The number of rotatable bonds is 5. The number of nitrogens with one attached hydrogen (secondary N) is 1. The van der Waals surface area contributed by atoms with Crippen LogP contribution >= 0.6 is 23.2 Å². The molecule has 1 amide bonds. The van der Waals surface area contributed by atoms with Crippen LogP contribution in [-0.2, 0) is 11.4 Å². The molecule has 1 fully saturated rings. The van der Waals surface area contributed by atoms with E-state index < -0.39 is 9.75 Å². The molecule has 3 nitrogen and oxygen atoms in total. The number of amides is 1. The summed E-state index contributed by atoms with van der Waals surface area (Å²) in [5, 5.41) is 2.82. The van der Waals surface area contributed by atoms with Crippen molar-refractivity contribution in [3.8, 4) is 5.75 Å². The lowest BCUT2D eigenvalue weighted by Crippen LogP contribution is -2.25. The van der Waals surface area contributed by atoms with Gasteiger partial charge in [-0.25, -0.2) is 4.39 Å². The van der Waals surface area contributed by atoms with Gasteiger partial charge in [0.2, 0.25) is 5.91 Å². The molecule has 0 bridgehead atoms. The molecule has 0 aromatic heterocycles. The third kappa shape index (κ3) is 3.50. The first-order valence-corrected chi connectivity index (χ1v) is 8.22. The highest BCUT2D eigenvalue weighted by atomic mass is 35.5. The maximum absolute atomic E-state index is 13.1. The highest BCUT2D eigenvalue weighted by molar-refractivity contribution is 6.53. The first-order chi connectivity index (χ1) is 11.3. The molecule has 6 heteroatoms. The Morgan fingerprint density at radius 3 is 2.62 bits per heavy atom. The van der Waals surface area contributed by atoms with Crippen molar-refractivity contribution in [2.75, 3.05) is 5.32 Å². The van der Waals surface area contributed by atoms with Crippen molar-refractivity contribution in [3.63, 3.8) is 0 Å². The molecule has 1 atom stereocenters. The number of carbonyl (C=O) groups is 1. The zero-order chi connectivity index (χ0) is 17.4. The average molecular weight is 368 g/mol. The van der Waals surface area contributed by atoms with E-state index >= 15 is 0 Å². The monoisotopic (exact) mass is 367 g/mol. The van der Waals surface area contributed by atoms with Crippen LogP contribution in [0.3, 0.4) is 0 Å². The van der Waals surface area contributed by atoms with Gasteiger partial charge in [-0.15, -0.1) is 23.2 Å². The smallest absolute Gasteiger partial charge is 0.233 e. The molecule has 3 rings (SSSR count). The third-order valence-corrected chi connectivity index (χ3v) is 5.25. The summed E-state index contributed by atoms with van der Waals surface area (Å²) in [7, 11) is 0. The predicted molar refractivity (Wildman–Crippen MR) is 93.0 cm³/mol. The average Bonchev–Trinajstić information content (AvgIpc) is 3.06. The highest BCUT2D eigenvalue weighted by Crippen LogP contribution is 2.64. The van der Waals surface area contributed by atoms with Crippen LogP contribution in [-0.4, -0.2) is 10.2 Å². The number of hydrogen-bond donors (Lipinski definition) is 1. The van der Waals surface area contributed by atoms with E-state index in [0.717, 1.165) is 5.56 Å². The Balaban J connectivity index is 1.63. The maximum Gasteiger partial charge on any atom is 0.233 e. The van der Waals surface area contributed by atoms with Crippen LogP contribution in [0.15, 0.2) is 48.5 Å². The minimum absolute atomic E-state index is 0.212. The van der Waals surface area contributed by atoms with Gasteiger partial charge in [-0.3, -0.25) is 4.79 Å². The summed E-state index contributed by atoms with van der Waals surface area (Å²) in [6.45, 7) is 2.00. The molecule has 1 aliphatic rings. The van der Waals surface area contributed by atoms with E-state index in [2.05, 4.69) is 5.32 Å². The van der Waals surface area contributed by atoms with Crippen LogP contribution in [0.5, 0.6) is 5.75 Å². The van der Waals surface area contributed by atoms with Crippen LogP contribution < -0.4 is 10.1 Å². The van der Waals surface area contributed by atoms with Crippen molar-refractivity contribution in [1.29, 1.82) is 0 Å². The standard InChI is InChI=1S/C18H16Cl2FNO2/c1-17(11-18(17,19)20)16(23)22-14-6-2-4-12(8-14)10-24-15-7-3-5-13(21)9-15/h2-9H,10-11H2,1H3,(H,22,23). The SMILES string of the molecule is CC1(C(=O)Nc2cccc(COc3cccc(F)c3)c2)CC1(Cl)Cl. The van der Waals surface area contributed by atoms with E-state index in [4.69, 9.17) is 27.9 Å². The van der Waals surface area contributed by atoms with E-state index in [-0.39, 0.29) is 18.3 Å². The van der Waals surface area contributed by atoms with E-state index in [1.54, 1.807) is 31.2 Å². The van der Waals surface area contributed by atoms with Gasteiger partial charge in [0.25, 0.3) is 0 Å². The molecule has 0 radical (unpaired) electrons. The number of halogens is 3. The molecule has 0 aliphatic heterocycles. The van der Waals surface area contributed by atoms with Crippen molar-refractivity contribution in [1.82, 2.24) is 0 Å². The van der Waals surface area contributed by atoms with E-state index in [1.807, 2.05) is 12.1 Å². The number of hydrogen-bond acceptors (Lipinski definition) is 2. The Kier molecular flexibility index (Phi) is 4.45. The number of alkyl halides is 2. The molecular formula is C18H16Cl2FNO2. The highest BCUT2D eigenvalue weighted by Gasteiger charge is 2.67. The normalized spacial score (nSPS) is 21.2. The van der Waals surface area contributed by atoms with Crippen molar-refractivity contribution in [2.24, 2.45) is 5.41 Å². The zero-order valence-electron chi connectivity index (χ0n) is 13.0. The van der Waals surface area contributed by atoms with Crippen LogP contribution in [0.25, 0.3) is 0 Å². The van der Waals surface area contributed by atoms with E-state index in [9.17, 15) is 9.18 Å². The Morgan fingerprint density at radius 1 is 1.25 bits per heavy atom. The second kappa shape index (κ2) is 6.26. The van der Waals surface area contributed by atoms with E-state index in [0.29, 0.717) is 17.9 Å². The molecule has 126 valence electrons. The van der Waals surface area contributed by atoms with Gasteiger partial charge in [0, 0.05) is 11.8 Å². The lowest BCUT2D eigenvalue weighted by atomic mass is 10.1. The number of carbonyl (C=O) groups excluding carboxylic acids is 1. The van der Waals surface area contributed by atoms with Crippen LogP contribution in [0.2, 0.25) is 0 Å². The lowest BCUT2D eigenvalue weighted by molar-refractivity contribution is -0.120. The zero-order valence-corrected chi connectivity index (χ0v) is 14.5. The Bertz CT molecular complexity index is 781.